The molecule has 0 aliphatic rings. The summed E-state index contributed by atoms with van der Waals surface area (Å²) in [5.41, 5.74) is 4.90. The normalized spacial score (nSPS) is 10.2. The van der Waals surface area contributed by atoms with E-state index in [0.29, 0.717) is 0 Å². The fourth-order valence-corrected chi connectivity index (χ4v) is 1.97. The van der Waals surface area contributed by atoms with Gasteiger partial charge in [-0.2, -0.15) is 0 Å². The molecule has 0 amide bonds. The summed E-state index contributed by atoms with van der Waals surface area (Å²) in [6.07, 6.45) is 0. The van der Waals surface area contributed by atoms with E-state index in [9.17, 15) is 0 Å². The highest BCUT2D eigenvalue weighted by molar-refractivity contribution is 5.23. The summed E-state index contributed by atoms with van der Waals surface area (Å²) in [6, 6.07) is 19.1. The molecule has 0 spiro atoms. The molecule has 0 bridgehead atoms. The van der Waals surface area contributed by atoms with Crippen molar-refractivity contribution in [2.75, 3.05) is 0 Å². The van der Waals surface area contributed by atoms with Crippen molar-refractivity contribution in [2.24, 2.45) is 0 Å². The van der Waals surface area contributed by atoms with Gasteiger partial charge in [-0.3, -0.25) is 0 Å². The monoisotopic (exact) mass is 266 g/mol. The lowest BCUT2D eigenvalue weighted by atomic mass is 10.1. The van der Waals surface area contributed by atoms with Crippen LogP contribution in [-0.2, 0) is 19.6 Å². The van der Waals surface area contributed by atoms with Crippen molar-refractivity contribution >= 4 is 0 Å². The predicted octanol–water partition coefficient (Wildman–Crippen LogP) is 3.60. The molecule has 2 heteroatoms. The Bertz CT molecular complexity index is 529. The molecule has 2 nitrogen and oxygen atoms in total. The van der Waals surface area contributed by atoms with E-state index < -0.39 is 0 Å². The van der Waals surface area contributed by atoms with E-state index in [0.717, 1.165) is 25.3 Å². The number of benzene rings is 2. The van der Waals surface area contributed by atoms with Crippen molar-refractivity contribution in [3.8, 4) is 0 Å². The summed E-state index contributed by atoms with van der Waals surface area (Å²) in [5, 5.41) is 6.69. The number of nitrogens with one attached hydrogen (secondary N) is 2. The molecule has 20 heavy (non-hydrogen) atoms. The van der Waals surface area contributed by atoms with Gasteiger partial charge in [-0.1, -0.05) is 61.2 Å². The van der Waals surface area contributed by atoms with Crippen LogP contribution in [0.25, 0.3) is 0 Å². The van der Waals surface area contributed by atoms with E-state index in [2.05, 4.69) is 65.7 Å². The number of hydrogen-bond acceptors (Lipinski definition) is 2. The first-order valence-electron chi connectivity index (χ1n) is 6.96. The lowest BCUT2D eigenvalue weighted by Crippen LogP contribution is -2.13. The summed E-state index contributed by atoms with van der Waals surface area (Å²) < 4.78 is 0. The van der Waals surface area contributed by atoms with Crippen molar-refractivity contribution in [1.29, 1.82) is 0 Å². The van der Waals surface area contributed by atoms with E-state index in [-0.39, 0.29) is 0 Å². The van der Waals surface area contributed by atoms with Crippen LogP contribution in [0.5, 0.6) is 0 Å². The minimum Gasteiger partial charge on any atom is -0.385 e. The zero-order chi connectivity index (χ0) is 14.2. The average Bonchev–Trinajstić information content (AvgIpc) is 2.47. The summed E-state index contributed by atoms with van der Waals surface area (Å²) in [6.45, 7) is 8.44. The van der Waals surface area contributed by atoms with Crippen LogP contribution >= 0.6 is 0 Å². The maximum atomic E-state index is 3.84. The highest BCUT2D eigenvalue weighted by Crippen LogP contribution is 2.05. The van der Waals surface area contributed by atoms with E-state index in [4.69, 9.17) is 0 Å². The van der Waals surface area contributed by atoms with Crippen LogP contribution < -0.4 is 10.6 Å². The first-order chi connectivity index (χ1) is 9.74. The Hall–Kier alpha value is -2.06. The lowest BCUT2D eigenvalue weighted by Gasteiger charge is -2.08. The third-order valence-electron chi connectivity index (χ3n) is 3.12. The molecule has 104 valence electrons. The standard InChI is InChI=1S/C18H22N2/c1-15(2)20-14-18-10-8-17(9-11-18)13-19-12-16-6-4-3-5-7-16/h3-11,19-20H,1,12-14H2,2H3. The topological polar surface area (TPSA) is 24.1 Å². The zero-order valence-electron chi connectivity index (χ0n) is 12.0. The Morgan fingerprint density at radius 2 is 1.30 bits per heavy atom. The van der Waals surface area contributed by atoms with Gasteiger partial charge in [-0.25, -0.2) is 0 Å². The molecule has 0 unspecified atom stereocenters. The smallest absolute Gasteiger partial charge is 0.0397 e. The second-order valence-corrected chi connectivity index (χ2v) is 5.04. The number of rotatable bonds is 7. The lowest BCUT2D eigenvalue weighted by molar-refractivity contribution is 0.693. The van der Waals surface area contributed by atoms with Gasteiger partial charge in [0.05, 0.1) is 0 Å². The van der Waals surface area contributed by atoms with Crippen LogP contribution in [0.3, 0.4) is 0 Å². The van der Waals surface area contributed by atoms with Crippen LogP contribution in [-0.4, -0.2) is 0 Å². The average molecular weight is 266 g/mol. The molecule has 0 heterocycles. The van der Waals surface area contributed by atoms with Crippen molar-refractivity contribution in [1.82, 2.24) is 10.6 Å². The maximum Gasteiger partial charge on any atom is 0.0397 e. The van der Waals surface area contributed by atoms with Gasteiger partial charge in [0.1, 0.15) is 0 Å². The second kappa shape index (κ2) is 7.51. The minimum absolute atomic E-state index is 0.840. The molecular weight excluding hydrogens is 244 g/mol. The first-order valence-corrected chi connectivity index (χ1v) is 6.96. The van der Waals surface area contributed by atoms with Crippen molar-refractivity contribution < 1.29 is 0 Å². The summed E-state index contributed by atoms with van der Waals surface area (Å²) in [5.74, 6) is 0. The predicted molar refractivity (Wildman–Crippen MR) is 85.1 cm³/mol. The molecule has 0 radical (unpaired) electrons. The quantitative estimate of drug-likeness (QED) is 0.800. The Morgan fingerprint density at radius 3 is 1.85 bits per heavy atom. The third-order valence-corrected chi connectivity index (χ3v) is 3.12. The van der Waals surface area contributed by atoms with Crippen LogP contribution in [0.4, 0.5) is 0 Å². The molecule has 0 aliphatic heterocycles. The van der Waals surface area contributed by atoms with Gasteiger partial charge in [0.15, 0.2) is 0 Å². The molecule has 0 aliphatic carbocycles. The van der Waals surface area contributed by atoms with Crippen molar-refractivity contribution in [3.63, 3.8) is 0 Å². The van der Waals surface area contributed by atoms with Gasteiger partial charge in [0, 0.05) is 25.3 Å². The molecule has 2 aromatic carbocycles. The van der Waals surface area contributed by atoms with Crippen LogP contribution in [0.1, 0.15) is 23.6 Å². The fraction of sp³-hybridized carbons (Fsp3) is 0.222. The minimum atomic E-state index is 0.840. The van der Waals surface area contributed by atoms with Gasteiger partial charge in [-0.05, 0) is 23.6 Å². The van der Waals surface area contributed by atoms with Crippen LogP contribution in [0.15, 0.2) is 66.9 Å². The Balaban J connectivity index is 1.77. The largest absolute Gasteiger partial charge is 0.385 e. The Labute approximate surface area is 121 Å². The molecule has 0 aromatic heterocycles. The Morgan fingerprint density at radius 1 is 0.800 bits per heavy atom. The molecule has 2 rings (SSSR count). The van der Waals surface area contributed by atoms with Crippen molar-refractivity contribution in [3.05, 3.63) is 83.6 Å². The number of hydrogen-bond donors (Lipinski definition) is 2. The van der Waals surface area contributed by atoms with Crippen LogP contribution in [0, 0.1) is 0 Å². The van der Waals surface area contributed by atoms with E-state index in [1.807, 2.05) is 13.0 Å². The molecular formula is C18H22N2. The maximum absolute atomic E-state index is 3.84. The van der Waals surface area contributed by atoms with Gasteiger partial charge in [0.2, 0.25) is 0 Å². The molecule has 2 aromatic rings. The van der Waals surface area contributed by atoms with Gasteiger partial charge in [0.25, 0.3) is 0 Å². The number of allylic oxidation sites excluding steroid dienone is 1. The molecule has 0 atom stereocenters. The Kier molecular flexibility index (Phi) is 5.39. The molecule has 0 fully saturated rings. The molecule has 0 saturated carbocycles. The summed E-state index contributed by atoms with van der Waals surface area (Å²) in [4.78, 5) is 0. The fourth-order valence-electron chi connectivity index (χ4n) is 1.97. The first kappa shape index (κ1) is 14.4. The highest BCUT2D eigenvalue weighted by atomic mass is 14.9. The van der Waals surface area contributed by atoms with Crippen LogP contribution in [0.2, 0.25) is 0 Å². The third kappa shape index (κ3) is 4.90. The van der Waals surface area contributed by atoms with Gasteiger partial charge < -0.3 is 10.6 Å². The summed E-state index contributed by atoms with van der Waals surface area (Å²) >= 11 is 0. The molecule has 0 saturated heterocycles. The van der Waals surface area contributed by atoms with Gasteiger partial charge >= 0.3 is 0 Å². The second-order valence-electron chi connectivity index (χ2n) is 5.04. The van der Waals surface area contributed by atoms with Crippen molar-refractivity contribution in [2.45, 2.75) is 26.6 Å². The zero-order valence-corrected chi connectivity index (χ0v) is 12.0. The van der Waals surface area contributed by atoms with E-state index in [1.54, 1.807) is 0 Å². The highest BCUT2D eigenvalue weighted by Gasteiger charge is 1.96. The van der Waals surface area contributed by atoms with E-state index in [1.165, 1.54) is 16.7 Å². The van der Waals surface area contributed by atoms with E-state index >= 15 is 0 Å². The molecule has 2 N–H and O–H groups in total. The SMILES string of the molecule is C=C(C)NCc1ccc(CNCc2ccccc2)cc1. The van der Waals surface area contributed by atoms with Gasteiger partial charge in [-0.15, -0.1) is 0 Å². The summed E-state index contributed by atoms with van der Waals surface area (Å²) in [7, 11) is 0.